The topological polar surface area (TPSA) is 80.7 Å². The zero-order valence-corrected chi connectivity index (χ0v) is 13.9. The third-order valence-electron chi connectivity index (χ3n) is 4.29. The van der Waals surface area contributed by atoms with E-state index in [-0.39, 0.29) is 24.3 Å². The zero-order valence-electron chi connectivity index (χ0n) is 13.9. The minimum absolute atomic E-state index is 0.121. The number of amides is 1. The number of hydrogen-bond acceptors (Lipinski definition) is 5. The Kier molecular flexibility index (Phi) is 5.80. The number of morpholine rings is 1. The largest absolute Gasteiger partial charge is 0.467 e. The van der Waals surface area contributed by atoms with E-state index in [4.69, 9.17) is 14.9 Å². The van der Waals surface area contributed by atoms with Gasteiger partial charge in [0.1, 0.15) is 17.8 Å². The van der Waals surface area contributed by atoms with Crippen molar-refractivity contribution < 1.29 is 18.3 Å². The van der Waals surface area contributed by atoms with E-state index in [1.807, 2.05) is 6.07 Å². The number of nitrogens with zero attached hydrogens (tertiary/aromatic N) is 1. The maximum atomic E-state index is 13.6. The number of halogens is 1. The Morgan fingerprint density at radius 3 is 2.80 bits per heavy atom. The molecule has 1 aromatic heterocycles. The van der Waals surface area contributed by atoms with Crippen LogP contribution in [0.2, 0.25) is 0 Å². The Morgan fingerprint density at radius 2 is 2.12 bits per heavy atom. The van der Waals surface area contributed by atoms with Gasteiger partial charge in [-0.3, -0.25) is 9.69 Å². The van der Waals surface area contributed by atoms with Crippen molar-refractivity contribution in [3.8, 4) is 0 Å². The summed E-state index contributed by atoms with van der Waals surface area (Å²) in [6.45, 7) is 3.33. The van der Waals surface area contributed by atoms with Gasteiger partial charge in [0.15, 0.2) is 0 Å². The van der Waals surface area contributed by atoms with Gasteiger partial charge in [-0.05, 0) is 23.8 Å². The second-order valence-corrected chi connectivity index (χ2v) is 5.93. The molecule has 1 aromatic carbocycles. The molecule has 2 heterocycles. The van der Waals surface area contributed by atoms with Crippen molar-refractivity contribution >= 4 is 5.91 Å². The van der Waals surface area contributed by atoms with E-state index in [2.05, 4.69) is 10.2 Å². The summed E-state index contributed by atoms with van der Waals surface area (Å²) in [6.07, 6.45) is 1.39. The predicted octanol–water partition coefficient (Wildman–Crippen LogP) is 1.68. The highest BCUT2D eigenvalue weighted by Crippen LogP contribution is 2.22. The fourth-order valence-corrected chi connectivity index (χ4v) is 2.96. The first-order chi connectivity index (χ1) is 12.2. The smallest absolute Gasteiger partial charge is 0.254 e. The van der Waals surface area contributed by atoms with Crippen LogP contribution in [0.4, 0.5) is 4.39 Å². The lowest BCUT2D eigenvalue weighted by Gasteiger charge is -2.34. The van der Waals surface area contributed by atoms with Gasteiger partial charge in [-0.15, -0.1) is 0 Å². The van der Waals surface area contributed by atoms with Crippen molar-refractivity contribution in [2.24, 2.45) is 5.73 Å². The second kappa shape index (κ2) is 8.24. The van der Waals surface area contributed by atoms with Crippen LogP contribution in [0.5, 0.6) is 0 Å². The second-order valence-electron chi connectivity index (χ2n) is 5.93. The Hall–Kier alpha value is -2.22. The van der Waals surface area contributed by atoms with Gasteiger partial charge in [0, 0.05) is 19.6 Å². The third kappa shape index (κ3) is 4.45. The molecule has 0 saturated carbocycles. The highest BCUT2D eigenvalue weighted by Gasteiger charge is 2.24. The third-order valence-corrected chi connectivity index (χ3v) is 4.29. The Morgan fingerprint density at radius 1 is 1.32 bits per heavy atom. The lowest BCUT2D eigenvalue weighted by atomic mass is 10.0. The summed E-state index contributed by atoms with van der Waals surface area (Å²) < 4.78 is 24.2. The number of carbonyl (C=O) groups is 1. The summed E-state index contributed by atoms with van der Waals surface area (Å²) in [4.78, 5) is 14.5. The van der Waals surface area contributed by atoms with Gasteiger partial charge in [0.25, 0.3) is 5.91 Å². The van der Waals surface area contributed by atoms with Crippen molar-refractivity contribution in [3.05, 3.63) is 59.3 Å². The summed E-state index contributed by atoms with van der Waals surface area (Å²) in [5.41, 5.74) is 6.76. The summed E-state index contributed by atoms with van der Waals surface area (Å²) in [6, 6.07) is 7.99. The van der Waals surface area contributed by atoms with E-state index in [1.165, 1.54) is 18.4 Å². The number of nitrogens with two attached hydrogens (primary N) is 1. The molecule has 1 aliphatic rings. The Bertz CT molecular complexity index is 713. The molecule has 3 rings (SSSR count). The summed E-state index contributed by atoms with van der Waals surface area (Å²) in [5, 5.41) is 2.91. The molecule has 1 aliphatic heterocycles. The quantitative estimate of drug-likeness (QED) is 0.831. The van der Waals surface area contributed by atoms with Crippen LogP contribution in [0, 0.1) is 5.82 Å². The minimum Gasteiger partial charge on any atom is -0.467 e. The fraction of sp³-hybridized carbons (Fsp3) is 0.389. The number of benzene rings is 1. The maximum Gasteiger partial charge on any atom is 0.254 e. The number of nitrogens with one attached hydrogen (secondary N) is 1. The molecule has 0 bridgehead atoms. The van der Waals surface area contributed by atoms with Gasteiger partial charge >= 0.3 is 0 Å². The number of hydrogen-bond donors (Lipinski definition) is 2. The summed E-state index contributed by atoms with van der Waals surface area (Å²) >= 11 is 0. The molecule has 25 heavy (non-hydrogen) atoms. The van der Waals surface area contributed by atoms with Crippen molar-refractivity contribution in [1.82, 2.24) is 10.2 Å². The molecule has 134 valence electrons. The van der Waals surface area contributed by atoms with E-state index < -0.39 is 0 Å². The van der Waals surface area contributed by atoms with Crippen LogP contribution >= 0.6 is 0 Å². The van der Waals surface area contributed by atoms with Crippen LogP contribution in [0.15, 0.2) is 41.0 Å². The first kappa shape index (κ1) is 17.6. The number of ether oxygens (including phenoxy) is 1. The molecular formula is C18H22FN3O3. The van der Waals surface area contributed by atoms with E-state index in [9.17, 15) is 9.18 Å². The SMILES string of the molecule is NCc1cc(C(=O)NCC(c2cccc(F)c2)N2CCOCC2)co1. The highest BCUT2D eigenvalue weighted by atomic mass is 19.1. The van der Waals surface area contributed by atoms with Gasteiger partial charge in [0.2, 0.25) is 0 Å². The Labute approximate surface area is 145 Å². The van der Waals surface area contributed by atoms with Crippen LogP contribution in [-0.4, -0.2) is 43.7 Å². The summed E-state index contributed by atoms with van der Waals surface area (Å²) in [5.74, 6) is 0.0302. The van der Waals surface area contributed by atoms with Gasteiger partial charge < -0.3 is 20.2 Å². The number of carbonyl (C=O) groups excluding carboxylic acids is 1. The molecular weight excluding hydrogens is 325 g/mol. The molecule has 0 spiro atoms. The molecule has 1 unspecified atom stereocenters. The van der Waals surface area contributed by atoms with Crippen molar-refractivity contribution in [1.29, 1.82) is 0 Å². The van der Waals surface area contributed by atoms with E-state index in [1.54, 1.807) is 12.1 Å². The number of furan rings is 1. The lowest BCUT2D eigenvalue weighted by Crippen LogP contribution is -2.43. The minimum atomic E-state index is -0.287. The monoisotopic (exact) mass is 347 g/mol. The van der Waals surface area contributed by atoms with Crippen LogP contribution in [0.1, 0.15) is 27.7 Å². The molecule has 7 heteroatoms. The molecule has 1 saturated heterocycles. The first-order valence-corrected chi connectivity index (χ1v) is 8.30. The molecule has 6 nitrogen and oxygen atoms in total. The molecule has 1 fully saturated rings. The van der Waals surface area contributed by atoms with E-state index >= 15 is 0 Å². The van der Waals surface area contributed by atoms with Gasteiger partial charge in [0.05, 0.1) is 31.4 Å². The van der Waals surface area contributed by atoms with Gasteiger partial charge in [-0.25, -0.2) is 4.39 Å². The molecule has 0 radical (unpaired) electrons. The molecule has 3 N–H and O–H groups in total. The van der Waals surface area contributed by atoms with Crippen molar-refractivity contribution in [2.75, 3.05) is 32.8 Å². The Balaban J connectivity index is 1.71. The predicted molar refractivity (Wildman–Crippen MR) is 90.5 cm³/mol. The molecule has 1 amide bonds. The average Bonchev–Trinajstić information content (AvgIpc) is 3.12. The van der Waals surface area contributed by atoms with Gasteiger partial charge in [-0.2, -0.15) is 0 Å². The fourth-order valence-electron chi connectivity index (χ4n) is 2.96. The van der Waals surface area contributed by atoms with Crippen molar-refractivity contribution in [2.45, 2.75) is 12.6 Å². The lowest BCUT2D eigenvalue weighted by molar-refractivity contribution is 0.0162. The standard InChI is InChI=1S/C18H22FN3O3/c19-15-3-1-2-13(8-15)17(22-4-6-24-7-5-22)11-21-18(23)14-9-16(10-20)25-12-14/h1-3,8-9,12,17H,4-7,10-11,20H2,(H,21,23). The maximum absolute atomic E-state index is 13.6. The van der Waals surface area contributed by atoms with Gasteiger partial charge in [-0.1, -0.05) is 12.1 Å². The molecule has 2 aromatic rings. The van der Waals surface area contributed by atoms with Crippen LogP contribution in [0.3, 0.4) is 0 Å². The van der Waals surface area contributed by atoms with E-state index in [0.717, 1.165) is 18.7 Å². The van der Waals surface area contributed by atoms with Crippen molar-refractivity contribution in [3.63, 3.8) is 0 Å². The molecule has 1 atom stereocenters. The van der Waals surface area contributed by atoms with Crippen LogP contribution < -0.4 is 11.1 Å². The number of rotatable bonds is 6. The zero-order chi connectivity index (χ0) is 17.6. The van der Waals surface area contributed by atoms with Crippen LogP contribution in [-0.2, 0) is 11.3 Å². The average molecular weight is 347 g/mol. The first-order valence-electron chi connectivity index (χ1n) is 8.30. The highest BCUT2D eigenvalue weighted by molar-refractivity contribution is 5.94. The molecule has 0 aliphatic carbocycles. The van der Waals surface area contributed by atoms with E-state index in [0.29, 0.717) is 31.1 Å². The summed E-state index contributed by atoms with van der Waals surface area (Å²) in [7, 11) is 0. The normalized spacial score (nSPS) is 16.6. The van der Waals surface area contributed by atoms with Crippen LogP contribution in [0.25, 0.3) is 0 Å².